The Balaban J connectivity index is 4.61. The van der Waals surface area contributed by atoms with Crippen LogP contribution in [0.25, 0.3) is 0 Å². The SMILES string of the molecule is CCCCCCCCCCCCSC(CCCCCCC)C(C)OC(C(=O)O)P(=O)(O)OCCC. The third-order valence-electron chi connectivity index (χ3n) is 6.28. The van der Waals surface area contributed by atoms with E-state index >= 15 is 0 Å². The molecular formula is C27H55O6PS. The lowest BCUT2D eigenvalue weighted by atomic mass is 10.1. The maximum Gasteiger partial charge on any atom is 0.368 e. The monoisotopic (exact) mass is 538 g/mol. The average molecular weight is 539 g/mol. The van der Waals surface area contributed by atoms with Crippen molar-refractivity contribution in [2.75, 3.05) is 12.4 Å². The van der Waals surface area contributed by atoms with Crippen LogP contribution in [0.15, 0.2) is 0 Å². The van der Waals surface area contributed by atoms with E-state index in [2.05, 4.69) is 13.8 Å². The zero-order valence-electron chi connectivity index (χ0n) is 23.0. The number of rotatable bonds is 26. The molecule has 0 heterocycles. The first-order valence-electron chi connectivity index (χ1n) is 14.3. The number of carboxylic acid groups (broad SMARTS) is 1. The van der Waals surface area contributed by atoms with Gasteiger partial charge in [-0.05, 0) is 31.9 Å². The van der Waals surface area contributed by atoms with Gasteiger partial charge in [0.15, 0.2) is 0 Å². The topological polar surface area (TPSA) is 93.1 Å². The van der Waals surface area contributed by atoms with E-state index in [-0.39, 0.29) is 11.9 Å². The molecule has 0 fully saturated rings. The number of aliphatic carboxylic acids is 1. The minimum Gasteiger partial charge on any atom is -0.479 e. The van der Waals surface area contributed by atoms with E-state index in [9.17, 15) is 19.4 Å². The number of unbranched alkanes of at least 4 members (excludes halogenated alkanes) is 13. The maximum atomic E-state index is 12.5. The molecule has 0 saturated heterocycles. The van der Waals surface area contributed by atoms with Crippen LogP contribution < -0.4 is 0 Å². The van der Waals surface area contributed by atoms with Crippen LogP contribution in [-0.2, 0) is 18.6 Å². The summed E-state index contributed by atoms with van der Waals surface area (Å²) < 4.78 is 23.2. The van der Waals surface area contributed by atoms with Gasteiger partial charge in [-0.2, -0.15) is 11.8 Å². The van der Waals surface area contributed by atoms with Gasteiger partial charge >= 0.3 is 13.6 Å². The highest BCUT2D eigenvalue weighted by Crippen LogP contribution is 2.49. The third kappa shape index (κ3) is 18.8. The van der Waals surface area contributed by atoms with Crippen molar-refractivity contribution in [2.24, 2.45) is 0 Å². The van der Waals surface area contributed by atoms with Crippen molar-refractivity contribution in [3.8, 4) is 0 Å². The van der Waals surface area contributed by atoms with Crippen LogP contribution in [0.4, 0.5) is 0 Å². The van der Waals surface area contributed by atoms with Gasteiger partial charge in [-0.25, -0.2) is 4.79 Å². The van der Waals surface area contributed by atoms with Gasteiger partial charge in [0, 0.05) is 5.25 Å². The summed E-state index contributed by atoms with van der Waals surface area (Å²) >= 11 is 1.82. The zero-order chi connectivity index (χ0) is 26.4. The normalized spacial score (nSPS) is 16.0. The van der Waals surface area contributed by atoms with Crippen molar-refractivity contribution in [3.63, 3.8) is 0 Å². The molecule has 4 atom stereocenters. The van der Waals surface area contributed by atoms with Crippen LogP contribution in [0.3, 0.4) is 0 Å². The molecule has 0 rings (SSSR count). The predicted molar refractivity (Wildman–Crippen MR) is 150 cm³/mol. The maximum absolute atomic E-state index is 12.5. The quantitative estimate of drug-likeness (QED) is 0.0839. The van der Waals surface area contributed by atoms with Crippen molar-refractivity contribution in [2.45, 2.75) is 154 Å². The first-order valence-corrected chi connectivity index (χ1v) is 17.0. The molecule has 35 heavy (non-hydrogen) atoms. The van der Waals surface area contributed by atoms with Crippen LogP contribution in [0.5, 0.6) is 0 Å². The summed E-state index contributed by atoms with van der Waals surface area (Å²) in [5.74, 6) is -2.28. The Morgan fingerprint density at radius 2 is 1.29 bits per heavy atom. The van der Waals surface area contributed by atoms with E-state index in [0.29, 0.717) is 6.42 Å². The van der Waals surface area contributed by atoms with E-state index in [4.69, 9.17) is 9.26 Å². The molecule has 0 aliphatic heterocycles. The molecule has 0 bridgehead atoms. The van der Waals surface area contributed by atoms with E-state index in [1.807, 2.05) is 18.7 Å². The number of ether oxygens (including phenoxy) is 1. The van der Waals surface area contributed by atoms with Gasteiger partial charge < -0.3 is 19.3 Å². The highest BCUT2D eigenvalue weighted by molar-refractivity contribution is 7.99. The molecule has 0 aromatic carbocycles. The second-order valence-electron chi connectivity index (χ2n) is 9.72. The fourth-order valence-corrected chi connectivity index (χ4v) is 6.63. The van der Waals surface area contributed by atoms with Crippen LogP contribution in [0.2, 0.25) is 0 Å². The number of hydrogen-bond donors (Lipinski definition) is 2. The molecule has 0 aromatic heterocycles. The molecular weight excluding hydrogens is 483 g/mol. The van der Waals surface area contributed by atoms with Crippen molar-refractivity contribution in [3.05, 3.63) is 0 Å². The number of thioether (sulfide) groups is 1. The fourth-order valence-electron chi connectivity index (χ4n) is 4.08. The van der Waals surface area contributed by atoms with Crippen molar-refractivity contribution in [1.82, 2.24) is 0 Å². The second-order valence-corrected chi connectivity index (χ2v) is 12.9. The number of carboxylic acids is 1. The summed E-state index contributed by atoms with van der Waals surface area (Å²) in [6, 6.07) is 0. The van der Waals surface area contributed by atoms with Crippen molar-refractivity contribution in [1.29, 1.82) is 0 Å². The summed E-state index contributed by atoms with van der Waals surface area (Å²) in [5, 5.41) is 9.65. The molecule has 210 valence electrons. The standard InChI is InChI=1S/C27H55O6PS/c1-5-8-10-12-13-14-15-16-18-20-23-35-25(21-19-17-11-9-6-2)24(4)33-27(26(28)29)34(30,31)32-22-7-3/h24-25,27H,5-23H2,1-4H3,(H,28,29)(H,30,31). The summed E-state index contributed by atoms with van der Waals surface area (Å²) in [5.41, 5.74) is 0. The van der Waals surface area contributed by atoms with E-state index < -0.39 is 25.5 Å². The molecule has 0 amide bonds. The van der Waals surface area contributed by atoms with Gasteiger partial charge in [0.25, 0.3) is 5.85 Å². The molecule has 0 saturated carbocycles. The molecule has 0 aliphatic carbocycles. The Kier molecular flexibility index (Phi) is 23.0. The second kappa shape index (κ2) is 23.1. The molecule has 0 aromatic rings. The van der Waals surface area contributed by atoms with Gasteiger partial charge in [0.05, 0.1) is 12.7 Å². The largest absolute Gasteiger partial charge is 0.479 e. The lowest BCUT2D eigenvalue weighted by Gasteiger charge is -2.28. The Labute approximate surface area is 220 Å². The Morgan fingerprint density at radius 1 is 0.800 bits per heavy atom. The Hall–Kier alpha value is -0.0700. The minimum atomic E-state index is -4.40. The third-order valence-corrected chi connectivity index (χ3v) is 9.34. The molecule has 6 nitrogen and oxygen atoms in total. The van der Waals surface area contributed by atoms with Gasteiger partial charge in [-0.1, -0.05) is 111 Å². The first kappa shape index (κ1) is 34.9. The van der Waals surface area contributed by atoms with Gasteiger partial charge in [0.1, 0.15) is 0 Å². The Bertz CT molecular complexity index is 548. The highest BCUT2D eigenvalue weighted by Gasteiger charge is 2.42. The highest BCUT2D eigenvalue weighted by atomic mass is 32.2. The van der Waals surface area contributed by atoms with Crippen molar-refractivity contribution < 1.29 is 28.6 Å². The molecule has 0 aliphatic rings. The van der Waals surface area contributed by atoms with Gasteiger partial charge in [-0.15, -0.1) is 0 Å². The zero-order valence-corrected chi connectivity index (χ0v) is 24.8. The first-order chi connectivity index (χ1) is 16.8. The summed E-state index contributed by atoms with van der Waals surface area (Å²) in [6.07, 6.45) is 19.8. The fraction of sp³-hybridized carbons (Fsp3) is 0.963. The van der Waals surface area contributed by atoms with Crippen LogP contribution in [0, 0.1) is 0 Å². The minimum absolute atomic E-state index is 0.0314. The predicted octanol–water partition coefficient (Wildman–Crippen LogP) is 8.80. The van der Waals surface area contributed by atoms with Crippen LogP contribution >= 0.6 is 19.4 Å². The summed E-state index contributed by atoms with van der Waals surface area (Å²) in [6.45, 7) is 8.11. The number of carbonyl (C=O) groups is 1. The van der Waals surface area contributed by atoms with E-state index in [1.54, 1.807) is 6.92 Å². The summed E-state index contributed by atoms with van der Waals surface area (Å²) in [4.78, 5) is 21.9. The van der Waals surface area contributed by atoms with Crippen molar-refractivity contribution >= 4 is 25.3 Å². The van der Waals surface area contributed by atoms with Gasteiger partial charge in [0.2, 0.25) is 0 Å². The van der Waals surface area contributed by atoms with Gasteiger partial charge in [-0.3, -0.25) is 4.57 Å². The average Bonchev–Trinajstić information content (AvgIpc) is 2.82. The van der Waals surface area contributed by atoms with E-state index in [0.717, 1.165) is 31.4 Å². The molecule has 4 unspecified atom stereocenters. The van der Waals surface area contributed by atoms with Crippen LogP contribution in [0.1, 0.15) is 137 Å². The summed E-state index contributed by atoms with van der Waals surface area (Å²) in [7, 11) is -4.40. The lowest BCUT2D eigenvalue weighted by molar-refractivity contribution is -0.148. The van der Waals surface area contributed by atoms with Crippen LogP contribution in [-0.4, -0.2) is 45.5 Å². The van der Waals surface area contributed by atoms with E-state index in [1.165, 1.54) is 77.0 Å². The smallest absolute Gasteiger partial charge is 0.368 e. The molecule has 0 radical (unpaired) electrons. The lowest BCUT2D eigenvalue weighted by Crippen LogP contribution is -2.34. The molecule has 0 spiro atoms. The Morgan fingerprint density at radius 3 is 1.77 bits per heavy atom. The molecule has 8 heteroatoms. The number of hydrogen-bond acceptors (Lipinski definition) is 5. The molecule has 2 N–H and O–H groups in total.